The summed E-state index contributed by atoms with van der Waals surface area (Å²) in [7, 11) is 0. The van der Waals surface area contributed by atoms with E-state index in [9.17, 15) is 17.6 Å². The van der Waals surface area contributed by atoms with Crippen molar-refractivity contribution in [1.82, 2.24) is 0 Å². The lowest BCUT2D eigenvalue weighted by Crippen LogP contribution is -2.17. The maximum atomic E-state index is 12.9. The lowest BCUT2D eigenvalue weighted by atomic mass is 10.1. The van der Waals surface area contributed by atoms with Gasteiger partial charge in [-0.05, 0) is 49.2 Å². The van der Waals surface area contributed by atoms with Gasteiger partial charge >= 0.3 is 12.2 Å². The minimum Gasteiger partial charge on any atom is -0.247 e. The van der Waals surface area contributed by atoms with Crippen LogP contribution in [0.25, 0.3) is 10.8 Å². The molecule has 0 aliphatic carbocycles. The summed E-state index contributed by atoms with van der Waals surface area (Å²) in [6, 6.07) is 28.4. The van der Waals surface area contributed by atoms with Crippen molar-refractivity contribution in [3.05, 3.63) is 119 Å². The van der Waals surface area contributed by atoms with Gasteiger partial charge in [0.05, 0.1) is 11.1 Å². The summed E-state index contributed by atoms with van der Waals surface area (Å²) in [4.78, 5) is 0. The van der Waals surface area contributed by atoms with Gasteiger partial charge in [-0.3, -0.25) is 0 Å². The molecule has 0 spiro atoms. The molecule has 1 nitrogen and oxygen atoms in total. The minimum atomic E-state index is -3.90. The highest BCUT2D eigenvalue weighted by molar-refractivity contribution is 5.85. The number of fused-ring (bicyclic) bond motifs is 2. The first-order chi connectivity index (χ1) is 18.1. The normalized spacial score (nSPS) is 13.2. The molecule has 0 amide bonds. The van der Waals surface area contributed by atoms with Crippen molar-refractivity contribution in [2.45, 2.75) is 74.5 Å². The number of rotatable bonds is 0. The SMILES string of the molecule is CC.CC.CC.Cc1ccc2c(c1)C(F)(F)OC2(F)F.Cc1cccc2ccccc12.Cc1ccccc1. The average Bonchev–Trinajstić information content (AvgIpc) is 3.11. The molecule has 0 saturated heterocycles. The Bertz CT molecular complexity index is 1180. The molecule has 0 N–H and O–H groups in total. The van der Waals surface area contributed by atoms with Gasteiger partial charge < -0.3 is 0 Å². The van der Waals surface area contributed by atoms with Crippen LogP contribution < -0.4 is 0 Å². The Morgan fingerprint density at radius 3 is 1.53 bits per heavy atom. The fourth-order valence-electron chi connectivity index (χ4n) is 3.35. The van der Waals surface area contributed by atoms with Gasteiger partial charge in [0.25, 0.3) is 0 Å². The lowest BCUT2D eigenvalue weighted by Gasteiger charge is -2.10. The van der Waals surface area contributed by atoms with Crippen LogP contribution >= 0.6 is 0 Å². The van der Waals surface area contributed by atoms with E-state index >= 15 is 0 Å². The smallest absolute Gasteiger partial charge is 0.247 e. The first-order valence-electron chi connectivity index (χ1n) is 13.1. The van der Waals surface area contributed by atoms with Gasteiger partial charge in [0, 0.05) is 0 Å². The Labute approximate surface area is 226 Å². The van der Waals surface area contributed by atoms with Crippen LogP contribution in [0.4, 0.5) is 17.6 Å². The van der Waals surface area contributed by atoms with E-state index in [2.05, 4.69) is 73.2 Å². The maximum Gasteiger partial charge on any atom is 0.388 e. The molecule has 38 heavy (non-hydrogen) atoms. The van der Waals surface area contributed by atoms with Crippen LogP contribution in [0.1, 0.15) is 69.4 Å². The molecule has 0 unspecified atom stereocenters. The second-order valence-corrected chi connectivity index (χ2v) is 7.64. The Balaban J connectivity index is 0.000000510. The summed E-state index contributed by atoms with van der Waals surface area (Å²) in [5, 5.41) is 2.68. The van der Waals surface area contributed by atoms with Crippen LogP contribution in [0, 0.1) is 20.8 Å². The molecule has 1 heterocycles. The van der Waals surface area contributed by atoms with Crippen molar-refractivity contribution in [3.63, 3.8) is 0 Å². The van der Waals surface area contributed by atoms with Crippen LogP contribution in [-0.2, 0) is 17.0 Å². The van der Waals surface area contributed by atoms with Gasteiger partial charge in [-0.2, -0.15) is 17.6 Å². The number of hydrogen-bond acceptors (Lipinski definition) is 1. The van der Waals surface area contributed by atoms with E-state index in [0.29, 0.717) is 5.56 Å². The predicted molar refractivity (Wildman–Crippen MR) is 154 cm³/mol. The fraction of sp³-hybridized carbons (Fsp3) is 0.333. The Morgan fingerprint density at radius 1 is 0.500 bits per heavy atom. The largest absolute Gasteiger partial charge is 0.388 e. The van der Waals surface area contributed by atoms with Gasteiger partial charge in [-0.25, -0.2) is 4.74 Å². The Kier molecular flexibility index (Phi) is 15.9. The van der Waals surface area contributed by atoms with E-state index in [4.69, 9.17) is 0 Å². The standard InChI is InChI=1S/C11H10.C9H6F4O.C7H8.3C2H6/c1-9-5-4-7-10-6-2-3-8-11(9)10;1-5-2-3-6-7(4-5)9(12,13)14-8(6,10)11;1-7-5-3-2-4-6-7;3*1-2/h2-8H,1H3;2-4H,1H3;2-6H,1H3;3*1-2H3. The highest BCUT2D eigenvalue weighted by atomic mass is 19.3. The molecular weight excluding hydrogens is 488 g/mol. The first kappa shape index (κ1) is 34.8. The first-order valence-corrected chi connectivity index (χ1v) is 13.1. The van der Waals surface area contributed by atoms with Crippen LogP contribution in [0.3, 0.4) is 0 Å². The van der Waals surface area contributed by atoms with Gasteiger partial charge in [0.15, 0.2) is 0 Å². The second kappa shape index (κ2) is 17.4. The monoisotopic (exact) mass is 530 g/mol. The number of hydrogen-bond donors (Lipinski definition) is 0. The van der Waals surface area contributed by atoms with Crippen molar-refractivity contribution >= 4 is 10.8 Å². The Morgan fingerprint density at radius 2 is 1.00 bits per heavy atom. The summed E-state index contributed by atoms with van der Waals surface area (Å²) in [6.45, 7) is 17.8. The number of ether oxygens (including phenoxy) is 1. The van der Waals surface area contributed by atoms with Gasteiger partial charge in [0.1, 0.15) is 0 Å². The second-order valence-electron chi connectivity index (χ2n) is 7.64. The highest BCUT2D eigenvalue weighted by Crippen LogP contribution is 2.50. The van der Waals surface area contributed by atoms with Crippen molar-refractivity contribution < 1.29 is 22.3 Å². The third-order valence-electron chi connectivity index (χ3n) is 5.01. The summed E-state index contributed by atoms with van der Waals surface area (Å²) >= 11 is 0. The van der Waals surface area contributed by atoms with E-state index in [1.165, 1.54) is 28.0 Å². The molecule has 4 aromatic carbocycles. The molecule has 4 aromatic rings. The molecule has 1 aliphatic rings. The highest BCUT2D eigenvalue weighted by Gasteiger charge is 2.57. The molecule has 5 heteroatoms. The summed E-state index contributed by atoms with van der Waals surface area (Å²) in [6.07, 6.45) is -7.79. The molecule has 0 saturated carbocycles. The van der Waals surface area contributed by atoms with E-state index in [-0.39, 0.29) is 0 Å². The van der Waals surface area contributed by atoms with Crippen molar-refractivity contribution in [1.29, 1.82) is 0 Å². The molecular formula is C33H42F4O. The van der Waals surface area contributed by atoms with E-state index < -0.39 is 23.3 Å². The number of alkyl halides is 4. The molecule has 0 radical (unpaired) electrons. The lowest BCUT2D eigenvalue weighted by molar-refractivity contribution is -0.369. The summed E-state index contributed by atoms with van der Waals surface area (Å²) < 4.78 is 54.9. The van der Waals surface area contributed by atoms with E-state index in [1.807, 2.05) is 59.7 Å². The molecule has 0 fully saturated rings. The van der Waals surface area contributed by atoms with Gasteiger partial charge in [-0.15, -0.1) is 0 Å². The van der Waals surface area contributed by atoms with Gasteiger partial charge in [0.2, 0.25) is 0 Å². The Hall–Kier alpha value is -3.18. The van der Waals surface area contributed by atoms with Crippen LogP contribution in [0.2, 0.25) is 0 Å². The average molecular weight is 531 g/mol. The zero-order valence-electron chi connectivity index (χ0n) is 24.1. The number of benzene rings is 4. The van der Waals surface area contributed by atoms with Crippen molar-refractivity contribution in [3.8, 4) is 0 Å². The maximum absolute atomic E-state index is 12.9. The third kappa shape index (κ3) is 10.3. The summed E-state index contributed by atoms with van der Waals surface area (Å²) in [5.41, 5.74) is 1.66. The quantitative estimate of drug-likeness (QED) is 0.205. The van der Waals surface area contributed by atoms with Gasteiger partial charge in [-0.1, -0.05) is 132 Å². The third-order valence-corrected chi connectivity index (χ3v) is 5.01. The van der Waals surface area contributed by atoms with Crippen molar-refractivity contribution in [2.75, 3.05) is 0 Å². The summed E-state index contributed by atoms with van der Waals surface area (Å²) in [5.74, 6) is 0. The molecule has 1 aliphatic heterocycles. The van der Waals surface area contributed by atoms with E-state index in [1.54, 1.807) is 6.92 Å². The number of halogens is 4. The molecule has 0 bridgehead atoms. The minimum absolute atomic E-state index is 0.490. The fourth-order valence-corrected chi connectivity index (χ4v) is 3.35. The van der Waals surface area contributed by atoms with E-state index in [0.717, 1.165) is 12.1 Å². The topological polar surface area (TPSA) is 9.23 Å². The van der Waals surface area contributed by atoms with Crippen LogP contribution in [-0.4, -0.2) is 0 Å². The molecule has 0 atom stereocenters. The molecule has 208 valence electrons. The zero-order valence-corrected chi connectivity index (χ0v) is 24.1. The zero-order chi connectivity index (χ0) is 29.4. The van der Waals surface area contributed by atoms with Crippen molar-refractivity contribution in [2.24, 2.45) is 0 Å². The molecule has 0 aromatic heterocycles. The number of aryl methyl sites for hydroxylation is 3. The predicted octanol–water partition coefficient (Wildman–Crippen LogP) is 11.3. The van der Waals surface area contributed by atoms with Crippen LogP contribution in [0.15, 0.2) is 91.0 Å². The molecule has 5 rings (SSSR count). The van der Waals surface area contributed by atoms with Crippen LogP contribution in [0.5, 0.6) is 0 Å².